The second kappa shape index (κ2) is 7.45. The zero-order chi connectivity index (χ0) is 13.0. The SMILES string of the molecule is CC1(CNC(=O)c2ccc(I)cc2)CCNCC1.Cl. The van der Waals surface area contributed by atoms with Crippen LogP contribution in [0.25, 0.3) is 0 Å². The number of nitrogens with one attached hydrogen (secondary N) is 2. The van der Waals surface area contributed by atoms with E-state index >= 15 is 0 Å². The summed E-state index contributed by atoms with van der Waals surface area (Å²) >= 11 is 2.24. The Morgan fingerprint density at radius 1 is 1.32 bits per heavy atom. The summed E-state index contributed by atoms with van der Waals surface area (Å²) in [6, 6.07) is 7.67. The highest BCUT2D eigenvalue weighted by Crippen LogP contribution is 2.26. The van der Waals surface area contributed by atoms with Crippen LogP contribution in [0.1, 0.15) is 30.1 Å². The standard InChI is InChI=1S/C14H19IN2O.ClH/c1-14(6-8-16-9-7-14)10-17-13(18)11-2-4-12(15)5-3-11;/h2-5,16H,6-10H2,1H3,(H,17,18);1H. The van der Waals surface area contributed by atoms with Crippen molar-refractivity contribution >= 4 is 40.9 Å². The fraction of sp³-hybridized carbons (Fsp3) is 0.500. The highest BCUT2D eigenvalue weighted by Gasteiger charge is 2.27. The molecule has 0 unspecified atom stereocenters. The molecule has 0 spiro atoms. The van der Waals surface area contributed by atoms with Gasteiger partial charge in [0.05, 0.1) is 0 Å². The minimum atomic E-state index is 0. The first-order chi connectivity index (χ1) is 8.59. The molecule has 1 aromatic carbocycles. The van der Waals surface area contributed by atoms with Crippen LogP contribution in [-0.4, -0.2) is 25.5 Å². The van der Waals surface area contributed by atoms with Crippen LogP contribution < -0.4 is 10.6 Å². The molecule has 1 fully saturated rings. The zero-order valence-electron chi connectivity index (χ0n) is 11.0. The summed E-state index contributed by atoms with van der Waals surface area (Å²) < 4.78 is 1.15. The lowest BCUT2D eigenvalue weighted by Crippen LogP contribution is -2.42. The first kappa shape index (κ1) is 16.7. The van der Waals surface area contributed by atoms with E-state index in [0.717, 1.165) is 41.6 Å². The Kier molecular flexibility index (Phi) is 6.56. The first-order valence-electron chi connectivity index (χ1n) is 6.34. The molecule has 106 valence electrons. The van der Waals surface area contributed by atoms with Crippen LogP contribution in [0.3, 0.4) is 0 Å². The number of hydrogen-bond acceptors (Lipinski definition) is 2. The minimum Gasteiger partial charge on any atom is -0.351 e. The van der Waals surface area contributed by atoms with Crippen molar-refractivity contribution < 1.29 is 4.79 Å². The Hall–Kier alpha value is -0.330. The van der Waals surface area contributed by atoms with E-state index in [1.54, 1.807) is 0 Å². The molecule has 5 heteroatoms. The van der Waals surface area contributed by atoms with Crippen molar-refractivity contribution in [3.63, 3.8) is 0 Å². The Balaban J connectivity index is 0.00000180. The third kappa shape index (κ3) is 4.93. The molecule has 1 heterocycles. The summed E-state index contributed by atoms with van der Waals surface area (Å²) in [6.07, 6.45) is 2.25. The van der Waals surface area contributed by atoms with E-state index in [-0.39, 0.29) is 23.7 Å². The molecule has 3 nitrogen and oxygen atoms in total. The molecule has 0 atom stereocenters. The summed E-state index contributed by atoms with van der Waals surface area (Å²) in [5.41, 5.74) is 0.984. The van der Waals surface area contributed by atoms with Gasteiger partial charge in [0.15, 0.2) is 0 Å². The van der Waals surface area contributed by atoms with E-state index in [1.807, 2.05) is 24.3 Å². The molecule has 1 saturated heterocycles. The van der Waals surface area contributed by atoms with Gasteiger partial charge < -0.3 is 10.6 Å². The maximum absolute atomic E-state index is 12.0. The van der Waals surface area contributed by atoms with Crippen molar-refractivity contribution in [1.82, 2.24) is 10.6 Å². The van der Waals surface area contributed by atoms with Gasteiger partial charge in [-0.1, -0.05) is 6.92 Å². The number of carbonyl (C=O) groups excluding carboxylic acids is 1. The van der Waals surface area contributed by atoms with E-state index < -0.39 is 0 Å². The summed E-state index contributed by atoms with van der Waals surface area (Å²) in [7, 11) is 0. The van der Waals surface area contributed by atoms with Crippen molar-refractivity contribution in [2.45, 2.75) is 19.8 Å². The first-order valence-corrected chi connectivity index (χ1v) is 7.41. The molecule has 1 amide bonds. The minimum absolute atomic E-state index is 0. The van der Waals surface area contributed by atoms with E-state index in [9.17, 15) is 4.79 Å². The van der Waals surface area contributed by atoms with E-state index in [0.29, 0.717) is 0 Å². The fourth-order valence-corrected chi connectivity index (χ4v) is 2.56. The summed E-state index contributed by atoms with van der Waals surface area (Å²) in [4.78, 5) is 12.0. The summed E-state index contributed by atoms with van der Waals surface area (Å²) in [5, 5.41) is 6.41. The number of amides is 1. The van der Waals surface area contributed by atoms with Gasteiger partial charge in [0.1, 0.15) is 0 Å². The highest BCUT2D eigenvalue weighted by atomic mass is 127. The van der Waals surface area contributed by atoms with Crippen molar-refractivity contribution in [2.75, 3.05) is 19.6 Å². The molecule has 0 saturated carbocycles. The van der Waals surface area contributed by atoms with Gasteiger partial charge in [-0.15, -0.1) is 12.4 Å². The molecular weight excluding hydrogens is 375 g/mol. The zero-order valence-corrected chi connectivity index (χ0v) is 14.0. The predicted molar refractivity (Wildman–Crippen MR) is 89.0 cm³/mol. The Labute approximate surface area is 134 Å². The largest absolute Gasteiger partial charge is 0.351 e. The molecule has 0 bridgehead atoms. The topological polar surface area (TPSA) is 41.1 Å². The van der Waals surface area contributed by atoms with Gasteiger partial charge in [-0.05, 0) is 78.2 Å². The van der Waals surface area contributed by atoms with Crippen LogP contribution in [0.2, 0.25) is 0 Å². The summed E-state index contributed by atoms with van der Waals surface area (Å²) in [6.45, 7) is 5.12. The fourth-order valence-electron chi connectivity index (χ4n) is 2.20. The molecule has 0 aromatic heterocycles. The summed E-state index contributed by atoms with van der Waals surface area (Å²) in [5.74, 6) is 0.0335. The normalized spacial score (nSPS) is 17.4. The highest BCUT2D eigenvalue weighted by molar-refractivity contribution is 14.1. The van der Waals surface area contributed by atoms with Crippen molar-refractivity contribution in [3.05, 3.63) is 33.4 Å². The smallest absolute Gasteiger partial charge is 0.251 e. The average Bonchev–Trinajstić information content (AvgIpc) is 2.38. The molecule has 1 aliphatic rings. The molecule has 2 rings (SSSR count). The average molecular weight is 395 g/mol. The van der Waals surface area contributed by atoms with Crippen LogP contribution in [0, 0.1) is 8.99 Å². The predicted octanol–water partition coefficient (Wildman–Crippen LogP) is 2.83. The maximum atomic E-state index is 12.0. The van der Waals surface area contributed by atoms with E-state index in [4.69, 9.17) is 0 Å². The molecule has 1 aromatic rings. The van der Waals surface area contributed by atoms with E-state index in [2.05, 4.69) is 40.1 Å². The van der Waals surface area contributed by atoms with Gasteiger partial charge in [-0.3, -0.25) is 4.79 Å². The third-order valence-corrected chi connectivity index (χ3v) is 4.31. The van der Waals surface area contributed by atoms with Crippen LogP contribution in [-0.2, 0) is 0 Å². The quantitative estimate of drug-likeness (QED) is 0.774. The molecular formula is C14H20ClIN2O. The lowest BCUT2D eigenvalue weighted by atomic mass is 9.81. The van der Waals surface area contributed by atoms with Crippen molar-refractivity contribution in [2.24, 2.45) is 5.41 Å². The van der Waals surface area contributed by atoms with Crippen LogP contribution in [0.5, 0.6) is 0 Å². The molecule has 0 radical (unpaired) electrons. The van der Waals surface area contributed by atoms with Crippen LogP contribution >= 0.6 is 35.0 Å². The maximum Gasteiger partial charge on any atom is 0.251 e. The number of piperidine rings is 1. The molecule has 2 N–H and O–H groups in total. The van der Waals surface area contributed by atoms with Gasteiger partial charge in [-0.2, -0.15) is 0 Å². The van der Waals surface area contributed by atoms with Crippen LogP contribution in [0.15, 0.2) is 24.3 Å². The monoisotopic (exact) mass is 394 g/mol. The Morgan fingerprint density at radius 3 is 2.47 bits per heavy atom. The number of rotatable bonds is 3. The molecule has 19 heavy (non-hydrogen) atoms. The second-order valence-corrected chi connectivity index (χ2v) is 6.50. The number of hydrogen-bond donors (Lipinski definition) is 2. The third-order valence-electron chi connectivity index (χ3n) is 3.59. The van der Waals surface area contributed by atoms with Gasteiger partial charge >= 0.3 is 0 Å². The van der Waals surface area contributed by atoms with E-state index in [1.165, 1.54) is 0 Å². The Bertz CT molecular complexity index is 416. The number of benzene rings is 1. The van der Waals surface area contributed by atoms with Gasteiger partial charge in [0.2, 0.25) is 0 Å². The number of halogens is 2. The van der Waals surface area contributed by atoms with Gasteiger partial charge in [-0.25, -0.2) is 0 Å². The lowest BCUT2D eigenvalue weighted by molar-refractivity contribution is 0.0922. The van der Waals surface area contributed by atoms with Crippen molar-refractivity contribution in [3.8, 4) is 0 Å². The second-order valence-electron chi connectivity index (χ2n) is 5.25. The number of carbonyl (C=O) groups is 1. The van der Waals surface area contributed by atoms with Crippen LogP contribution in [0.4, 0.5) is 0 Å². The lowest BCUT2D eigenvalue weighted by Gasteiger charge is -2.34. The van der Waals surface area contributed by atoms with Gasteiger partial charge in [0, 0.05) is 15.7 Å². The Morgan fingerprint density at radius 2 is 1.89 bits per heavy atom. The molecule has 0 aliphatic carbocycles. The van der Waals surface area contributed by atoms with Crippen molar-refractivity contribution in [1.29, 1.82) is 0 Å². The molecule has 1 aliphatic heterocycles. The van der Waals surface area contributed by atoms with Gasteiger partial charge in [0.25, 0.3) is 5.91 Å².